The van der Waals surface area contributed by atoms with E-state index in [1.165, 1.54) is 51.3 Å². The first-order valence-electron chi connectivity index (χ1n) is 9.01. The van der Waals surface area contributed by atoms with Crippen molar-refractivity contribution in [1.29, 1.82) is 0 Å². The molecule has 0 saturated carbocycles. The van der Waals surface area contributed by atoms with E-state index in [9.17, 15) is 19.2 Å². The summed E-state index contributed by atoms with van der Waals surface area (Å²) in [7, 11) is 1.40. The summed E-state index contributed by atoms with van der Waals surface area (Å²) in [5.41, 5.74) is 3.11. The highest BCUT2D eigenvalue weighted by Gasteiger charge is 2.15. The Kier molecular flexibility index (Phi) is 7.87. The fourth-order valence-corrected chi connectivity index (χ4v) is 2.52. The van der Waals surface area contributed by atoms with Gasteiger partial charge < -0.3 is 20.1 Å². The predicted molar refractivity (Wildman–Crippen MR) is 113 cm³/mol. The SMILES string of the molecule is COc1cc(/C=C(\NC(=O)c2ccc(NC(C)=O)cc2)C(=O)NN)ccc1OC(C)=O. The average Bonchev–Trinajstić information content (AvgIpc) is 2.73. The van der Waals surface area contributed by atoms with Crippen LogP contribution >= 0.6 is 0 Å². The highest BCUT2D eigenvalue weighted by atomic mass is 16.6. The van der Waals surface area contributed by atoms with E-state index >= 15 is 0 Å². The molecule has 0 aromatic heterocycles. The van der Waals surface area contributed by atoms with Gasteiger partial charge in [-0.2, -0.15) is 0 Å². The number of benzene rings is 2. The van der Waals surface area contributed by atoms with Crippen molar-refractivity contribution >= 4 is 35.5 Å². The first-order valence-corrected chi connectivity index (χ1v) is 9.01. The van der Waals surface area contributed by atoms with E-state index in [0.29, 0.717) is 11.3 Å². The van der Waals surface area contributed by atoms with Crippen LogP contribution in [-0.2, 0) is 14.4 Å². The second kappa shape index (κ2) is 10.6. The number of hydrazine groups is 1. The number of carbonyl (C=O) groups excluding carboxylic acids is 4. The number of anilines is 1. The number of nitrogens with one attached hydrogen (secondary N) is 3. The van der Waals surface area contributed by atoms with Gasteiger partial charge in [0.25, 0.3) is 11.8 Å². The van der Waals surface area contributed by atoms with Gasteiger partial charge in [0, 0.05) is 25.1 Å². The third-order valence-electron chi connectivity index (χ3n) is 3.84. The van der Waals surface area contributed by atoms with Crippen LogP contribution in [0.15, 0.2) is 48.2 Å². The maximum absolute atomic E-state index is 12.6. The first kappa shape index (κ1) is 23.1. The van der Waals surface area contributed by atoms with Crippen LogP contribution in [-0.4, -0.2) is 30.8 Å². The van der Waals surface area contributed by atoms with Crippen LogP contribution in [0, 0.1) is 0 Å². The summed E-state index contributed by atoms with van der Waals surface area (Å²) in [5, 5.41) is 5.09. The van der Waals surface area contributed by atoms with Crippen molar-refractivity contribution in [2.24, 2.45) is 5.84 Å². The quantitative estimate of drug-likeness (QED) is 0.130. The van der Waals surface area contributed by atoms with Gasteiger partial charge in [-0.15, -0.1) is 0 Å². The summed E-state index contributed by atoms with van der Waals surface area (Å²) < 4.78 is 10.2. The molecule has 31 heavy (non-hydrogen) atoms. The molecule has 0 radical (unpaired) electrons. The fourth-order valence-electron chi connectivity index (χ4n) is 2.52. The van der Waals surface area contributed by atoms with Gasteiger partial charge >= 0.3 is 5.97 Å². The molecule has 2 aromatic carbocycles. The Morgan fingerprint density at radius 1 is 0.968 bits per heavy atom. The molecule has 162 valence electrons. The van der Waals surface area contributed by atoms with E-state index in [1.54, 1.807) is 18.2 Å². The zero-order chi connectivity index (χ0) is 23.0. The van der Waals surface area contributed by atoms with Gasteiger partial charge in [0.15, 0.2) is 11.5 Å². The summed E-state index contributed by atoms with van der Waals surface area (Å²) in [6.45, 7) is 2.63. The number of nitrogens with two attached hydrogens (primary N) is 1. The Bertz CT molecular complexity index is 1030. The van der Waals surface area contributed by atoms with Crippen molar-refractivity contribution in [2.45, 2.75) is 13.8 Å². The monoisotopic (exact) mass is 426 g/mol. The van der Waals surface area contributed by atoms with Crippen molar-refractivity contribution in [3.8, 4) is 11.5 Å². The lowest BCUT2D eigenvalue weighted by Gasteiger charge is -2.11. The Balaban J connectivity index is 2.28. The smallest absolute Gasteiger partial charge is 0.308 e. The van der Waals surface area contributed by atoms with Gasteiger partial charge in [0.1, 0.15) is 5.70 Å². The number of ether oxygens (including phenoxy) is 2. The lowest BCUT2D eigenvalue weighted by atomic mass is 10.1. The minimum Gasteiger partial charge on any atom is -0.493 e. The lowest BCUT2D eigenvalue weighted by molar-refractivity contribution is -0.132. The van der Waals surface area contributed by atoms with E-state index in [0.717, 1.165) is 0 Å². The highest BCUT2D eigenvalue weighted by Crippen LogP contribution is 2.29. The molecule has 0 aliphatic rings. The average molecular weight is 426 g/mol. The molecular weight excluding hydrogens is 404 g/mol. The van der Waals surface area contributed by atoms with Crippen LogP contribution in [0.1, 0.15) is 29.8 Å². The van der Waals surface area contributed by atoms with Gasteiger partial charge in [-0.05, 0) is 48.0 Å². The second-order valence-corrected chi connectivity index (χ2v) is 6.25. The lowest BCUT2D eigenvalue weighted by Crippen LogP contribution is -2.38. The predicted octanol–water partition coefficient (Wildman–Crippen LogP) is 1.34. The molecule has 10 heteroatoms. The molecular formula is C21H22N4O6. The van der Waals surface area contributed by atoms with E-state index in [-0.39, 0.29) is 28.7 Å². The Hall–Kier alpha value is -4.18. The Morgan fingerprint density at radius 2 is 1.65 bits per heavy atom. The molecule has 0 atom stereocenters. The number of rotatable bonds is 7. The first-order chi connectivity index (χ1) is 14.7. The van der Waals surface area contributed by atoms with E-state index in [2.05, 4.69) is 10.6 Å². The molecule has 0 bridgehead atoms. The van der Waals surface area contributed by atoms with Crippen molar-refractivity contribution in [2.75, 3.05) is 12.4 Å². The number of hydrogen-bond acceptors (Lipinski definition) is 7. The van der Waals surface area contributed by atoms with Crippen LogP contribution in [0.3, 0.4) is 0 Å². The molecule has 2 rings (SSSR count). The summed E-state index contributed by atoms with van der Waals surface area (Å²) >= 11 is 0. The molecule has 0 unspecified atom stereocenters. The van der Waals surface area contributed by atoms with Crippen molar-refractivity contribution in [3.63, 3.8) is 0 Å². The summed E-state index contributed by atoms with van der Waals surface area (Å²) in [5.74, 6) is 3.65. The van der Waals surface area contributed by atoms with Crippen molar-refractivity contribution in [1.82, 2.24) is 10.7 Å². The van der Waals surface area contributed by atoms with Gasteiger partial charge in [-0.25, -0.2) is 5.84 Å². The number of hydrogen-bond donors (Lipinski definition) is 4. The van der Waals surface area contributed by atoms with Gasteiger partial charge in [-0.1, -0.05) is 6.07 Å². The molecule has 0 spiro atoms. The minimum absolute atomic E-state index is 0.124. The van der Waals surface area contributed by atoms with Crippen LogP contribution in [0.25, 0.3) is 6.08 Å². The molecule has 0 fully saturated rings. The van der Waals surface area contributed by atoms with Crippen molar-refractivity contribution in [3.05, 3.63) is 59.3 Å². The zero-order valence-electron chi connectivity index (χ0n) is 17.1. The number of amides is 3. The molecule has 0 heterocycles. The maximum Gasteiger partial charge on any atom is 0.308 e. The number of methoxy groups -OCH3 is 1. The molecule has 2 aromatic rings. The normalized spacial score (nSPS) is 10.6. The largest absolute Gasteiger partial charge is 0.493 e. The van der Waals surface area contributed by atoms with Crippen LogP contribution < -0.4 is 31.4 Å². The van der Waals surface area contributed by atoms with Crippen molar-refractivity contribution < 1.29 is 28.7 Å². The third-order valence-corrected chi connectivity index (χ3v) is 3.84. The maximum atomic E-state index is 12.6. The topological polar surface area (TPSA) is 149 Å². The summed E-state index contributed by atoms with van der Waals surface area (Å²) in [4.78, 5) is 47.0. The van der Waals surface area contributed by atoms with Gasteiger partial charge in [-0.3, -0.25) is 24.6 Å². The minimum atomic E-state index is -0.730. The number of carbonyl (C=O) groups is 4. The van der Waals surface area contributed by atoms with Crippen LogP contribution in [0.4, 0.5) is 5.69 Å². The van der Waals surface area contributed by atoms with E-state index < -0.39 is 17.8 Å². The van der Waals surface area contributed by atoms with Crippen LogP contribution in [0.2, 0.25) is 0 Å². The van der Waals surface area contributed by atoms with E-state index in [4.69, 9.17) is 15.3 Å². The zero-order valence-corrected chi connectivity index (χ0v) is 17.1. The molecule has 0 saturated heterocycles. The molecule has 5 N–H and O–H groups in total. The van der Waals surface area contributed by atoms with Gasteiger partial charge in [0.2, 0.25) is 5.91 Å². The Morgan fingerprint density at radius 3 is 2.19 bits per heavy atom. The molecule has 0 aliphatic carbocycles. The number of esters is 1. The fraction of sp³-hybridized carbons (Fsp3) is 0.143. The highest BCUT2D eigenvalue weighted by molar-refractivity contribution is 6.05. The van der Waals surface area contributed by atoms with Gasteiger partial charge in [0.05, 0.1) is 7.11 Å². The summed E-state index contributed by atoms with van der Waals surface area (Å²) in [6, 6.07) is 10.7. The van der Waals surface area contributed by atoms with Crippen LogP contribution in [0.5, 0.6) is 11.5 Å². The van der Waals surface area contributed by atoms with E-state index in [1.807, 2.05) is 5.43 Å². The Labute approximate surface area is 178 Å². The standard InChI is InChI=1S/C21H22N4O6/c1-12(26)23-16-7-5-15(6-8-16)20(28)24-17(21(29)25-22)10-14-4-9-18(31-13(2)27)19(11-14)30-3/h4-11H,22H2,1-3H3,(H,23,26)(H,24,28)(H,25,29)/b17-10-. The molecule has 0 aliphatic heterocycles. The molecule has 3 amide bonds. The summed E-state index contributed by atoms with van der Waals surface area (Å²) in [6.07, 6.45) is 1.38. The molecule has 10 nitrogen and oxygen atoms in total. The third kappa shape index (κ3) is 6.68. The second-order valence-electron chi connectivity index (χ2n) is 6.25.